The summed E-state index contributed by atoms with van der Waals surface area (Å²) in [5.41, 5.74) is 1.33. The van der Waals surface area contributed by atoms with E-state index in [4.69, 9.17) is 9.47 Å². The number of allylic oxidation sites excluding steroid dienone is 2. The molecule has 0 fully saturated rings. The first-order valence-corrected chi connectivity index (χ1v) is 8.08. The Morgan fingerprint density at radius 2 is 1.21 bits per heavy atom. The third kappa shape index (κ3) is 6.75. The van der Waals surface area contributed by atoms with E-state index in [9.17, 15) is 19.8 Å². The normalized spacial score (nSPS) is 10.6. The van der Waals surface area contributed by atoms with Crippen LogP contribution < -0.4 is 9.47 Å². The second-order valence-electron chi connectivity index (χ2n) is 5.64. The molecule has 0 unspecified atom stereocenters. The molecule has 0 saturated carbocycles. The van der Waals surface area contributed by atoms with Crippen molar-refractivity contribution in [3.05, 3.63) is 59.7 Å². The number of ether oxygens (including phenoxy) is 2. The Morgan fingerprint density at radius 3 is 1.57 bits per heavy atom. The van der Waals surface area contributed by atoms with Crippen LogP contribution in [0.4, 0.5) is 0 Å². The summed E-state index contributed by atoms with van der Waals surface area (Å²) in [6, 6.07) is 9.34. The lowest BCUT2D eigenvalue weighted by Crippen LogP contribution is -2.01. The number of methoxy groups -OCH3 is 2. The van der Waals surface area contributed by atoms with Crippen molar-refractivity contribution in [2.45, 2.75) is 6.42 Å². The van der Waals surface area contributed by atoms with Gasteiger partial charge in [-0.15, -0.1) is 0 Å². The van der Waals surface area contributed by atoms with Crippen molar-refractivity contribution in [2.24, 2.45) is 0 Å². The van der Waals surface area contributed by atoms with Gasteiger partial charge < -0.3 is 19.7 Å². The van der Waals surface area contributed by atoms with Gasteiger partial charge in [0.2, 0.25) is 0 Å². The lowest BCUT2D eigenvalue weighted by molar-refractivity contribution is -0.121. The fourth-order valence-electron chi connectivity index (χ4n) is 2.26. The first kappa shape index (κ1) is 23.3. The third-order valence-electron chi connectivity index (χ3n) is 3.68. The highest BCUT2D eigenvalue weighted by molar-refractivity contribution is 6.10. The number of ketones is 2. The van der Waals surface area contributed by atoms with Gasteiger partial charge in [0.05, 0.1) is 20.6 Å². The van der Waals surface area contributed by atoms with Crippen LogP contribution >= 0.6 is 0 Å². The van der Waals surface area contributed by atoms with Gasteiger partial charge in [-0.25, -0.2) is 0 Å². The second kappa shape index (κ2) is 11.2. The van der Waals surface area contributed by atoms with Crippen molar-refractivity contribution in [3.8, 4) is 23.0 Å². The first-order chi connectivity index (χ1) is 12.9. The summed E-state index contributed by atoms with van der Waals surface area (Å²) in [7, 11) is 2.87. The monoisotopic (exact) mass is 394 g/mol. The highest BCUT2D eigenvalue weighted by Gasteiger charge is 2.06. The lowest BCUT2D eigenvalue weighted by Gasteiger charge is -2.03. The predicted molar refractivity (Wildman–Crippen MR) is 111 cm³/mol. The van der Waals surface area contributed by atoms with Crippen molar-refractivity contribution < 1.29 is 29.3 Å². The van der Waals surface area contributed by atoms with E-state index in [1.807, 2.05) is 0 Å². The number of carbonyl (C=O) groups is 2. The van der Waals surface area contributed by atoms with Gasteiger partial charge in [-0.3, -0.25) is 9.59 Å². The minimum Gasteiger partial charge on any atom is -0.504 e. The van der Waals surface area contributed by atoms with Gasteiger partial charge in [0, 0.05) is 0 Å². The van der Waals surface area contributed by atoms with Crippen LogP contribution in [-0.2, 0) is 9.59 Å². The van der Waals surface area contributed by atoms with Crippen LogP contribution in [0.5, 0.6) is 23.0 Å². The predicted octanol–water partition coefficient (Wildman–Crippen LogP) is 2.45. The zero-order valence-electron chi connectivity index (χ0n) is 15.0. The van der Waals surface area contributed by atoms with Crippen molar-refractivity contribution in [3.63, 3.8) is 0 Å². The Labute approximate surface area is 179 Å². The Balaban J connectivity index is 0.00000392. The maximum absolute atomic E-state index is 11.9. The van der Waals surface area contributed by atoms with E-state index in [2.05, 4.69) is 0 Å². The van der Waals surface area contributed by atoms with Crippen LogP contribution in [0.25, 0.3) is 12.2 Å². The largest absolute Gasteiger partial charge is 0.504 e. The third-order valence-corrected chi connectivity index (χ3v) is 3.68. The van der Waals surface area contributed by atoms with E-state index in [0.717, 1.165) is 0 Å². The molecule has 0 aliphatic carbocycles. The fraction of sp³-hybridized carbons (Fsp3) is 0.143. The number of phenolic OH excluding ortho intramolecular Hbond substituents is 2. The summed E-state index contributed by atoms with van der Waals surface area (Å²) in [5, 5.41) is 19.1. The fourth-order valence-corrected chi connectivity index (χ4v) is 2.26. The minimum absolute atomic E-state index is 0. The number of hydrogen-bond donors (Lipinski definition) is 2. The van der Waals surface area contributed by atoms with E-state index < -0.39 is 0 Å². The standard InChI is InChI=1S/C21H20O6.Mg.2H/c1-26-20-11-14(5-9-18(20)24)3-7-16(22)13-17(23)8-4-15-6-10-19(25)21(12-15)27-2;;;/h3-12,24-25H,13H2,1-2H3;;;/b7-3+,8-4+;;;. The zero-order chi connectivity index (χ0) is 19.8. The molecule has 6 nitrogen and oxygen atoms in total. The lowest BCUT2D eigenvalue weighted by atomic mass is 10.1. The molecule has 0 radical (unpaired) electrons. The highest BCUT2D eigenvalue weighted by Crippen LogP contribution is 2.27. The topological polar surface area (TPSA) is 93.1 Å². The molecular formula is C21H22MgO6. The van der Waals surface area contributed by atoms with Crippen molar-refractivity contribution in [2.75, 3.05) is 14.2 Å². The van der Waals surface area contributed by atoms with Crippen LogP contribution in [-0.4, -0.2) is 59.1 Å². The molecule has 2 aromatic rings. The number of carbonyl (C=O) groups excluding carboxylic acids is 2. The number of rotatable bonds is 8. The molecule has 2 N–H and O–H groups in total. The van der Waals surface area contributed by atoms with Crippen LogP contribution in [0.1, 0.15) is 17.5 Å². The molecule has 0 atom stereocenters. The Bertz CT molecular complexity index is 828. The van der Waals surface area contributed by atoms with Gasteiger partial charge in [0.25, 0.3) is 0 Å². The molecule has 7 heteroatoms. The Hall–Kier alpha value is -2.77. The average molecular weight is 395 g/mol. The SMILES string of the molecule is COc1cc(/C=C/C(=O)CC(=O)/C=C/c2ccc(O)c(OC)c2)ccc1O.[MgH2]. The van der Waals surface area contributed by atoms with Gasteiger partial charge in [-0.05, 0) is 47.5 Å². The summed E-state index contributed by atoms with van der Waals surface area (Å²) in [6.07, 6.45) is 5.44. The Morgan fingerprint density at radius 1 is 0.821 bits per heavy atom. The highest BCUT2D eigenvalue weighted by atomic mass is 24.3. The summed E-state index contributed by atoms with van der Waals surface area (Å²) >= 11 is 0. The van der Waals surface area contributed by atoms with Gasteiger partial charge in [-0.1, -0.05) is 24.3 Å². The molecule has 0 aromatic heterocycles. The van der Waals surface area contributed by atoms with Gasteiger partial charge in [0.1, 0.15) is 0 Å². The molecule has 0 spiro atoms. The minimum atomic E-state index is -0.347. The summed E-state index contributed by atoms with van der Waals surface area (Å²) in [5.74, 6) is -0.0832. The molecule has 0 heterocycles. The quantitative estimate of drug-likeness (QED) is 0.406. The molecule has 0 saturated heterocycles. The number of benzene rings is 2. The number of hydrogen-bond acceptors (Lipinski definition) is 6. The van der Waals surface area contributed by atoms with Crippen molar-refractivity contribution >= 4 is 46.8 Å². The van der Waals surface area contributed by atoms with Crippen molar-refractivity contribution in [1.82, 2.24) is 0 Å². The average Bonchev–Trinajstić information content (AvgIpc) is 2.66. The van der Waals surface area contributed by atoms with Crippen molar-refractivity contribution in [1.29, 1.82) is 0 Å². The molecule has 0 amide bonds. The second-order valence-corrected chi connectivity index (χ2v) is 5.64. The van der Waals surface area contributed by atoms with Gasteiger partial charge in [0.15, 0.2) is 34.6 Å². The van der Waals surface area contributed by atoms with E-state index in [1.165, 1.54) is 38.5 Å². The van der Waals surface area contributed by atoms with Gasteiger partial charge in [-0.2, -0.15) is 0 Å². The van der Waals surface area contributed by atoms with Crippen LogP contribution in [0.3, 0.4) is 0 Å². The van der Waals surface area contributed by atoms with Gasteiger partial charge >= 0.3 is 23.1 Å². The smallest absolute Gasteiger partial charge is 0.316 e. The Kier molecular flexibility index (Phi) is 9.27. The molecule has 0 bridgehead atoms. The van der Waals surface area contributed by atoms with Crippen LogP contribution in [0, 0.1) is 0 Å². The van der Waals surface area contributed by atoms with Crippen LogP contribution in [0.15, 0.2) is 48.6 Å². The molecule has 0 aliphatic rings. The molecule has 0 aliphatic heterocycles. The summed E-state index contributed by atoms with van der Waals surface area (Å²) in [4.78, 5) is 23.9. The molecule has 2 aromatic carbocycles. The maximum Gasteiger partial charge on any atom is 0.316 e. The molecular weight excluding hydrogens is 373 g/mol. The molecule has 2 rings (SSSR count). The van der Waals surface area contributed by atoms with E-state index in [0.29, 0.717) is 22.6 Å². The summed E-state index contributed by atoms with van der Waals surface area (Å²) < 4.78 is 10.00. The van der Waals surface area contributed by atoms with E-state index in [1.54, 1.807) is 36.4 Å². The molecule has 144 valence electrons. The summed E-state index contributed by atoms with van der Waals surface area (Å²) in [6.45, 7) is 0. The first-order valence-electron chi connectivity index (χ1n) is 8.08. The number of aromatic hydroxyl groups is 2. The molecule has 28 heavy (non-hydrogen) atoms. The maximum atomic E-state index is 11.9. The van der Waals surface area contributed by atoms with Crippen LogP contribution in [0.2, 0.25) is 0 Å². The van der Waals surface area contributed by atoms with E-state index >= 15 is 0 Å². The zero-order valence-corrected chi connectivity index (χ0v) is 15.0. The van der Waals surface area contributed by atoms with E-state index in [-0.39, 0.29) is 52.5 Å². The number of phenols is 2.